The highest BCUT2D eigenvalue weighted by Crippen LogP contribution is 2.17. The number of hydrogen-bond acceptors (Lipinski definition) is 3. The summed E-state index contributed by atoms with van der Waals surface area (Å²) < 4.78 is 5.12. The molecule has 0 radical (unpaired) electrons. The predicted octanol–water partition coefficient (Wildman–Crippen LogP) is 0.457. The summed E-state index contributed by atoms with van der Waals surface area (Å²) in [6.07, 6.45) is 1.95. The monoisotopic (exact) mass is 172 g/mol. The molecule has 1 N–H and O–H groups in total. The molecular formula is C8H12O4. The van der Waals surface area contributed by atoms with Crippen LogP contribution in [0.15, 0.2) is 0 Å². The third-order valence-corrected chi connectivity index (χ3v) is 1.97. The number of carboxylic acid groups (broad SMARTS) is 1. The minimum absolute atomic E-state index is 0.113. The Morgan fingerprint density at radius 2 is 2.25 bits per heavy atom. The summed E-state index contributed by atoms with van der Waals surface area (Å²) in [5.41, 5.74) is 0. The molecule has 1 saturated heterocycles. The minimum atomic E-state index is -1.33. The van der Waals surface area contributed by atoms with Crippen molar-refractivity contribution < 1.29 is 19.4 Å². The highest BCUT2D eigenvalue weighted by atomic mass is 16.5. The van der Waals surface area contributed by atoms with Gasteiger partial charge in [0.1, 0.15) is 0 Å². The van der Waals surface area contributed by atoms with Crippen molar-refractivity contribution in [2.45, 2.75) is 19.3 Å². The van der Waals surface area contributed by atoms with Gasteiger partial charge in [-0.15, -0.1) is 0 Å². The molecule has 0 bridgehead atoms. The molecule has 1 atom stereocenters. The van der Waals surface area contributed by atoms with Gasteiger partial charge in [0.2, 0.25) is 5.78 Å². The Morgan fingerprint density at radius 1 is 1.50 bits per heavy atom. The number of ketones is 1. The maximum atomic E-state index is 10.8. The number of carbonyl (C=O) groups excluding carboxylic acids is 1. The lowest BCUT2D eigenvalue weighted by atomic mass is 9.96. The van der Waals surface area contributed by atoms with E-state index >= 15 is 0 Å². The first kappa shape index (κ1) is 9.19. The van der Waals surface area contributed by atoms with Crippen LogP contribution >= 0.6 is 0 Å². The van der Waals surface area contributed by atoms with Crippen molar-refractivity contribution in [2.24, 2.45) is 5.92 Å². The van der Waals surface area contributed by atoms with Crippen LogP contribution in [0.4, 0.5) is 0 Å². The first-order valence-corrected chi connectivity index (χ1v) is 4.04. The molecule has 0 spiro atoms. The van der Waals surface area contributed by atoms with E-state index in [0.29, 0.717) is 6.61 Å². The van der Waals surface area contributed by atoms with Gasteiger partial charge < -0.3 is 9.84 Å². The molecule has 1 unspecified atom stereocenters. The van der Waals surface area contributed by atoms with Gasteiger partial charge in [0, 0.05) is 19.6 Å². The summed E-state index contributed by atoms with van der Waals surface area (Å²) in [5, 5.41) is 8.32. The fourth-order valence-corrected chi connectivity index (χ4v) is 1.32. The van der Waals surface area contributed by atoms with E-state index in [2.05, 4.69) is 0 Å². The Bertz CT molecular complexity index is 181. The molecule has 0 aromatic rings. The summed E-state index contributed by atoms with van der Waals surface area (Å²) in [6, 6.07) is 0. The molecular weight excluding hydrogens is 160 g/mol. The Balaban J connectivity index is 2.29. The lowest BCUT2D eigenvalue weighted by Crippen LogP contribution is -2.23. The number of carboxylic acids is 1. The largest absolute Gasteiger partial charge is 0.476 e. The lowest BCUT2D eigenvalue weighted by Gasteiger charge is -2.20. The SMILES string of the molecule is O=C(O)C(=O)CC1CCCOC1. The van der Waals surface area contributed by atoms with E-state index in [1.807, 2.05) is 0 Å². The molecule has 0 aliphatic carbocycles. The number of hydrogen-bond donors (Lipinski definition) is 1. The van der Waals surface area contributed by atoms with Gasteiger partial charge in [0.15, 0.2) is 0 Å². The van der Waals surface area contributed by atoms with E-state index in [1.54, 1.807) is 0 Å². The van der Waals surface area contributed by atoms with Gasteiger partial charge in [0.05, 0.1) is 0 Å². The van der Waals surface area contributed by atoms with Gasteiger partial charge in [-0.05, 0) is 18.8 Å². The van der Waals surface area contributed by atoms with Crippen LogP contribution in [0.3, 0.4) is 0 Å². The number of aliphatic carboxylic acids is 1. The van der Waals surface area contributed by atoms with E-state index < -0.39 is 11.8 Å². The van der Waals surface area contributed by atoms with Crippen LogP contribution in [-0.2, 0) is 14.3 Å². The molecule has 1 aliphatic heterocycles. The highest BCUT2D eigenvalue weighted by molar-refractivity contribution is 6.32. The van der Waals surface area contributed by atoms with Crippen LogP contribution in [0.25, 0.3) is 0 Å². The zero-order valence-corrected chi connectivity index (χ0v) is 6.78. The molecule has 1 heterocycles. The van der Waals surface area contributed by atoms with Crippen molar-refractivity contribution in [3.8, 4) is 0 Å². The summed E-state index contributed by atoms with van der Waals surface area (Å²) in [7, 11) is 0. The normalized spacial score (nSPS) is 23.5. The summed E-state index contributed by atoms with van der Waals surface area (Å²) in [6.45, 7) is 1.26. The molecule has 68 valence electrons. The van der Waals surface area contributed by atoms with Crippen LogP contribution < -0.4 is 0 Å². The average Bonchev–Trinajstić information content (AvgIpc) is 2.06. The zero-order chi connectivity index (χ0) is 8.97. The Labute approximate surface area is 70.5 Å². The zero-order valence-electron chi connectivity index (χ0n) is 6.78. The maximum absolute atomic E-state index is 10.8. The Morgan fingerprint density at radius 3 is 2.75 bits per heavy atom. The molecule has 4 nitrogen and oxygen atoms in total. The second-order valence-corrected chi connectivity index (χ2v) is 3.02. The topological polar surface area (TPSA) is 63.6 Å². The quantitative estimate of drug-likeness (QED) is 0.628. The Kier molecular flexibility index (Phi) is 3.22. The van der Waals surface area contributed by atoms with Crippen LogP contribution in [-0.4, -0.2) is 30.1 Å². The standard InChI is InChI=1S/C8H12O4/c9-7(8(10)11)4-6-2-1-3-12-5-6/h6H,1-5H2,(H,10,11). The van der Waals surface area contributed by atoms with Crippen molar-refractivity contribution in [3.63, 3.8) is 0 Å². The maximum Gasteiger partial charge on any atom is 0.372 e. The number of carbonyl (C=O) groups is 2. The number of rotatable bonds is 3. The van der Waals surface area contributed by atoms with Crippen molar-refractivity contribution in [1.29, 1.82) is 0 Å². The smallest absolute Gasteiger partial charge is 0.372 e. The van der Waals surface area contributed by atoms with E-state index in [4.69, 9.17) is 9.84 Å². The number of ether oxygens (including phenoxy) is 1. The fraction of sp³-hybridized carbons (Fsp3) is 0.750. The van der Waals surface area contributed by atoms with Crippen LogP contribution in [0, 0.1) is 5.92 Å². The second-order valence-electron chi connectivity index (χ2n) is 3.02. The molecule has 1 fully saturated rings. The van der Waals surface area contributed by atoms with Gasteiger partial charge in [-0.1, -0.05) is 0 Å². The van der Waals surface area contributed by atoms with Crippen LogP contribution in [0.2, 0.25) is 0 Å². The van der Waals surface area contributed by atoms with E-state index in [-0.39, 0.29) is 12.3 Å². The molecule has 1 rings (SSSR count). The van der Waals surface area contributed by atoms with Crippen LogP contribution in [0.1, 0.15) is 19.3 Å². The highest BCUT2D eigenvalue weighted by Gasteiger charge is 2.21. The first-order chi connectivity index (χ1) is 5.70. The van der Waals surface area contributed by atoms with Crippen molar-refractivity contribution in [2.75, 3.05) is 13.2 Å². The minimum Gasteiger partial charge on any atom is -0.476 e. The molecule has 0 aromatic carbocycles. The van der Waals surface area contributed by atoms with Crippen LogP contribution in [0.5, 0.6) is 0 Å². The van der Waals surface area contributed by atoms with Gasteiger partial charge in [-0.25, -0.2) is 4.79 Å². The molecule has 0 amide bonds. The summed E-state index contributed by atoms with van der Waals surface area (Å²) in [5.74, 6) is -1.92. The molecule has 12 heavy (non-hydrogen) atoms. The second kappa shape index (κ2) is 4.21. The number of Topliss-reactive ketones (excluding diaryl/α,β-unsaturated/α-hetero) is 1. The van der Waals surface area contributed by atoms with Gasteiger partial charge >= 0.3 is 5.97 Å². The van der Waals surface area contributed by atoms with Gasteiger partial charge in [-0.2, -0.15) is 0 Å². The van der Waals surface area contributed by atoms with Gasteiger partial charge in [-0.3, -0.25) is 4.79 Å². The van der Waals surface area contributed by atoms with Gasteiger partial charge in [0.25, 0.3) is 0 Å². The average molecular weight is 172 g/mol. The van der Waals surface area contributed by atoms with Crippen molar-refractivity contribution in [1.82, 2.24) is 0 Å². The predicted molar refractivity (Wildman–Crippen MR) is 40.8 cm³/mol. The third kappa shape index (κ3) is 2.62. The Hall–Kier alpha value is -0.900. The summed E-state index contributed by atoms with van der Waals surface area (Å²) >= 11 is 0. The lowest BCUT2D eigenvalue weighted by molar-refractivity contribution is -0.150. The van der Waals surface area contributed by atoms with E-state index in [0.717, 1.165) is 19.4 Å². The summed E-state index contributed by atoms with van der Waals surface area (Å²) in [4.78, 5) is 20.9. The molecule has 0 saturated carbocycles. The van der Waals surface area contributed by atoms with Crippen molar-refractivity contribution in [3.05, 3.63) is 0 Å². The van der Waals surface area contributed by atoms with E-state index in [1.165, 1.54) is 0 Å². The van der Waals surface area contributed by atoms with E-state index in [9.17, 15) is 9.59 Å². The molecule has 4 heteroatoms. The first-order valence-electron chi connectivity index (χ1n) is 4.04. The third-order valence-electron chi connectivity index (χ3n) is 1.97. The van der Waals surface area contributed by atoms with Crippen molar-refractivity contribution >= 4 is 11.8 Å². The molecule has 0 aromatic heterocycles. The fourth-order valence-electron chi connectivity index (χ4n) is 1.32. The molecule has 1 aliphatic rings.